The minimum atomic E-state index is -0.384. The summed E-state index contributed by atoms with van der Waals surface area (Å²) in [5, 5.41) is 0. The number of nitrogens with one attached hydrogen (secondary N) is 2. The first-order chi connectivity index (χ1) is 12.7. The summed E-state index contributed by atoms with van der Waals surface area (Å²) in [5.41, 5.74) is 6.97. The molecule has 0 aliphatic rings. The van der Waals surface area contributed by atoms with Gasteiger partial charge < -0.3 is 4.74 Å². The quantitative estimate of drug-likeness (QED) is 0.776. The fourth-order valence-corrected chi connectivity index (χ4v) is 2.38. The Morgan fingerprint density at radius 3 is 1.74 bits per heavy atom. The molecule has 2 rings (SSSR count). The third-order valence-corrected chi connectivity index (χ3v) is 4.33. The summed E-state index contributed by atoms with van der Waals surface area (Å²) in [6, 6.07) is 14.2. The van der Waals surface area contributed by atoms with Crippen LogP contribution in [0.1, 0.15) is 67.3 Å². The second-order valence-electron chi connectivity index (χ2n) is 7.60. The molecule has 0 spiro atoms. The third kappa shape index (κ3) is 5.84. The number of benzene rings is 2. The standard InChI is InChI=1S/C22H28N2O3/c1-6-15(2)27-19-13-9-17(10-14-19)21(26)24-23-20(25)16-7-11-18(12-8-16)22(3,4)5/h7-15H,6H2,1-5H3,(H,23,25)(H,24,26). The second kappa shape index (κ2) is 8.71. The van der Waals surface area contributed by atoms with E-state index in [9.17, 15) is 9.59 Å². The van der Waals surface area contributed by atoms with E-state index in [-0.39, 0.29) is 23.3 Å². The lowest BCUT2D eigenvalue weighted by Crippen LogP contribution is -2.41. The van der Waals surface area contributed by atoms with E-state index in [0.717, 1.165) is 12.0 Å². The van der Waals surface area contributed by atoms with Gasteiger partial charge in [-0.1, -0.05) is 39.8 Å². The Balaban J connectivity index is 1.92. The predicted octanol–water partition coefficient (Wildman–Crippen LogP) is 4.24. The Kier molecular flexibility index (Phi) is 6.61. The van der Waals surface area contributed by atoms with Crippen molar-refractivity contribution in [1.29, 1.82) is 0 Å². The van der Waals surface area contributed by atoms with Crippen molar-refractivity contribution < 1.29 is 14.3 Å². The Morgan fingerprint density at radius 2 is 1.33 bits per heavy atom. The Hall–Kier alpha value is -2.82. The molecule has 5 nitrogen and oxygen atoms in total. The molecule has 27 heavy (non-hydrogen) atoms. The van der Waals surface area contributed by atoms with Gasteiger partial charge in [0.15, 0.2) is 0 Å². The van der Waals surface area contributed by atoms with Gasteiger partial charge in [-0.05, 0) is 60.7 Å². The Bertz CT molecular complexity index is 775. The summed E-state index contributed by atoms with van der Waals surface area (Å²) >= 11 is 0. The summed E-state index contributed by atoms with van der Waals surface area (Å²) in [6.45, 7) is 10.4. The molecule has 0 bridgehead atoms. The van der Waals surface area contributed by atoms with Crippen LogP contribution >= 0.6 is 0 Å². The zero-order valence-electron chi connectivity index (χ0n) is 16.6. The lowest BCUT2D eigenvalue weighted by molar-refractivity contribution is 0.0846. The van der Waals surface area contributed by atoms with E-state index in [4.69, 9.17) is 4.74 Å². The monoisotopic (exact) mass is 368 g/mol. The molecule has 0 saturated carbocycles. The van der Waals surface area contributed by atoms with E-state index in [0.29, 0.717) is 16.9 Å². The third-order valence-electron chi connectivity index (χ3n) is 4.33. The van der Waals surface area contributed by atoms with Crippen LogP contribution in [0.25, 0.3) is 0 Å². The first-order valence-corrected chi connectivity index (χ1v) is 9.18. The minimum absolute atomic E-state index is 0.0218. The van der Waals surface area contributed by atoms with Gasteiger partial charge in [-0.3, -0.25) is 20.4 Å². The van der Waals surface area contributed by atoms with E-state index < -0.39 is 0 Å². The number of amides is 2. The van der Waals surface area contributed by atoms with Gasteiger partial charge in [0.25, 0.3) is 11.8 Å². The predicted molar refractivity (Wildman–Crippen MR) is 107 cm³/mol. The number of hydrogen-bond donors (Lipinski definition) is 2. The van der Waals surface area contributed by atoms with Gasteiger partial charge in [0, 0.05) is 11.1 Å². The van der Waals surface area contributed by atoms with Gasteiger partial charge in [-0.15, -0.1) is 0 Å². The first-order valence-electron chi connectivity index (χ1n) is 9.18. The maximum absolute atomic E-state index is 12.2. The summed E-state index contributed by atoms with van der Waals surface area (Å²) in [7, 11) is 0. The van der Waals surface area contributed by atoms with Crippen LogP contribution in [0, 0.1) is 0 Å². The van der Waals surface area contributed by atoms with Crippen molar-refractivity contribution in [2.24, 2.45) is 0 Å². The molecule has 2 aromatic carbocycles. The van der Waals surface area contributed by atoms with Crippen molar-refractivity contribution in [1.82, 2.24) is 10.9 Å². The van der Waals surface area contributed by atoms with E-state index in [1.165, 1.54) is 0 Å². The highest BCUT2D eigenvalue weighted by atomic mass is 16.5. The van der Waals surface area contributed by atoms with Crippen molar-refractivity contribution in [3.05, 3.63) is 65.2 Å². The average Bonchev–Trinajstić information content (AvgIpc) is 2.65. The number of carbonyl (C=O) groups is 2. The molecule has 1 atom stereocenters. The fraction of sp³-hybridized carbons (Fsp3) is 0.364. The molecule has 0 heterocycles. The maximum atomic E-state index is 12.2. The number of ether oxygens (including phenoxy) is 1. The zero-order chi connectivity index (χ0) is 20.0. The van der Waals surface area contributed by atoms with Crippen molar-refractivity contribution in [3.8, 4) is 5.75 Å². The number of rotatable bonds is 5. The maximum Gasteiger partial charge on any atom is 0.269 e. The van der Waals surface area contributed by atoms with Crippen LogP contribution in [0.4, 0.5) is 0 Å². The topological polar surface area (TPSA) is 67.4 Å². The molecule has 5 heteroatoms. The molecule has 0 aromatic heterocycles. The van der Waals surface area contributed by atoms with Crippen LogP contribution in [0.3, 0.4) is 0 Å². The second-order valence-corrected chi connectivity index (χ2v) is 7.60. The molecule has 144 valence electrons. The molecule has 0 fully saturated rings. The molecule has 0 saturated heterocycles. The van der Waals surface area contributed by atoms with E-state index >= 15 is 0 Å². The van der Waals surface area contributed by atoms with Crippen molar-refractivity contribution >= 4 is 11.8 Å². The van der Waals surface area contributed by atoms with Gasteiger partial charge in [0.05, 0.1) is 6.10 Å². The minimum Gasteiger partial charge on any atom is -0.491 e. The molecular formula is C22H28N2O3. The van der Waals surface area contributed by atoms with Gasteiger partial charge in [-0.25, -0.2) is 0 Å². The Morgan fingerprint density at radius 1 is 0.889 bits per heavy atom. The smallest absolute Gasteiger partial charge is 0.269 e. The molecule has 0 aliphatic heterocycles. The van der Waals surface area contributed by atoms with Crippen molar-refractivity contribution in [3.63, 3.8) is 0 Å². The summed E-state index contributed by atoms with van der Waals surface area (Å²) in [4.78, 5) is 24.4. The molecule has 0 radical (unpaired) electrons. The highest BCUT2D eigenvalue weighted by Crippen LogP contribution is 2.22. The van der Waals surface area contributed by atoms with Crippen LogP contribution in [0.15, 0.2) is 48.5 Å². The number of carbonyl (C=O) groups excluding carboxylic acids is 2. The summed E-state index contributed by atoms with van der Waals surface area (Å²) in [5.74, 6) is -0.0332. The first kappa shape index (κ1) is 20.5. The summed E-state index contributed by atoms with van der Waals surface area (Å²) in [6.07, 6.45) is 1.03. The fourth-order valence-electron chi connectivity index (χ4n) is 2.38. The highest BCUT2D eigenvalue weighted by Gasteiger charge is 2.15. The molecule has 2 N–H and O–H groups in total. The molecule has 0 aliphatic carbocycles. The van der Waals surface area contributed by atoms with Crippen LogP contribution in [0.5, 0.6) is 5.75 Å². The lowest BCUT2D eigenvalue weighted by atomic mass is 9.87. The van der Waals surface area contributed by atoms with Crippen LogP contribution < -0.4 is 15.6 Å². The summed E-state index contributed by atoms with van der Waals surface area (Å²) < 4.78 is 5.69. The van der Waals surface area contributed by atoms with Gasteiger partial charge in [0.1, 0.15) is 5.75 Å². The Labute approximate surface area is 161 Å². The molecular weight excluding hydrogens is 340 g/mol. The lowest BCUT2D eigenvalue weighted by Gasteiger charge is -2.19. The molecule has 2 amide bonds. The van der Waals surface area contributed by atoms with Crippen LogP contribution in [-0.2, 0) is 5.41 Å². The van der Waals surface area contributed by atoms with E-state index in [1.807, 2.05) is 26.0 Å². The van der Waals surface area contributed by atoms with Crippen molar-refractivity contribution in [2.75, 3.05) is 0 Å². The zero-order valence-corrected chi connectivity index (χ0v) is 16.6. The average molecular weight is 368 g/mol. The molecule has 2 aromatic rings. The highest BCUT2D eigenvalue weighted by molar-refractivity contribution is 5.99. The molecule has 1 unspecified atom stereocenters. The normalized spacial score (nSPS) is 12.2. The largest absolute Gasteiger partial charge is 0.491 e. The van der Waals surface area contributed by atoms with Gasteiger partial charge in [0.2, 0.25) is 0 Å². The SMILES string of the molecule is CCC(C)Oc1ccc(C(=O)NNC(=O)c2ccc(C(C)(C)C)cc2)cc1. The van der Waals surface area contributed by atoms with Gasteiger partial charge in [-0.2, -0.15) is 0 Å². The van der Waals surface area contributed by atoms with Gasteiger partial charge >= 0.3 is 0 Å². The number of hydrogen-bond acceptors (Lipinski definition) is 3. The van der Waals surface area contributed by atoms with E-state index in [2.05, 4.69) is 31.6 Å². The van der Waals surface area contributed by atoms with Crippen LogP contribution in [-0.4, -0.2) is 17.9 Å². The number of hydrazine groups is 1. The van der Waals surface area contributed by atoms with Crippen LogP contribution in [0.2, 0.25) is 0 Å². The van der Waals surface area contributed by atoms with Crippen molar-refractivity contribution in [2.45, 2.75) is 52.6 Å². The van der Waals surface area contributed by atoms with E-state index in [1.54, 1.807) is 36.4 Å².